The van der Waals surface area contributed by atoms with Crippen molar-refractivity contribution in [2.45, 2.75) is 11.8 Å². The molecule has 96 valence electrons. The second-order valence-corrected chi connectivity index (χ2v) is 6.39. The minimum atomic E-state index is -3.18. The van der Waals surface area contributed by atoms with Gasteiger partial charge < -0.3 is 5.73 Å². The highest BCUT2D eigenvalue weighted by Gasteiger charge is 2.11. The molecule has 2 aromatic rings. The molecule has 0 unspecified atom stereocenters. The first kappa shape index (κ1) is 12.9. The number of rotatable bonds is 3. The molecule has 1 heterocycles. The van der Waals surface area contributed by atoms with E-state index in [1.807, 2.05) is 0 Å². The van der Waals surface area contributed by atoms with Crippen LogP contribution in [-0.2, 0) is 9.84 Å². The van der Waals surface area contributed by atoms with E-state index in [0.717, 1.165) is 0 Å². The topological polar surface area (TPSA) is 78.0 Å². The summed E-state index contributed by atoms with van der Waals surface area (Å²) in [7, 11) is -3.18. The van der Waals surface area contributed by atoms with Crippen LogP contribution < -0.4 is 5.73 Å². The number of hydrogen-bond donors (Lipinski definition) is 1. The summed E-state index contributed by atoms with van der Waals surface area (Å²) in [6.07, 6.45) is 1.57. The molecule has 0 fully saturated rings. The number of nitrogens with two attached hydrogens (primary N) is 1. The van der Waals surface area contributed by atoms with Crippen LogP contribution in [0.5, 0.6) is 0 Å². The summed E-state index contributed by atoms with van der Waals surface area (Å²) in [5.74, 6) is 0.314. The molecule has 0 aliphatic carbocycles. The summed E-state index contributed by atoms with van der Waals surface area (Å²) < 4.78 is 24.8. The molecule has 0 atom stereocenters. The molecule has 2 N–H and O–H groups in total. The van der Waals surface area contributed by atoms with Crippen molar-refractivity contribution >= 4 is 27.3 Å². The second-order valence-electron chi connectivity index (χ2n) is 3.70. The van der Waals surface area contributed by atoms with Crippen molar-refractivity contribution in [2.24, 2.45) is 0 Å². The molecular formula is C11H12ClN3O2S. The molecule has 5 nitrogen and oxygen atoms in total. The van der Waals surface area contributed by atoms with Gasteiger partial charge in [0, 0.05) is 0 Å². The zero-order chi connectivity index (χ0) is 13.3. The minimum absolute atomic E-state index is 0.0763. The van der Waals surface area contributed by atoms with Crippen LogP contribution in [0, 0.1) is 0 Å². The zero-order valence-electron chi connectivity index (χ0n) is 9.67. The average Bonchev–Trinajstić information content (AvgIpc) is 2.70. The fourth-order valence-electron chi connectivity index (χ4n) is 1.47. The summed E-state index contributed by atoms with van der Waals surface area (Å²) >= 11 is 5.80. The number of benzene rings is 1. The Bertz CT molecular complexity index is 643. The van der Waals surface area contributed by atoms with Crippen molar-refractivity contribution < 1.29 is 8.42 Å². The van der Waals surface area contributed by atoms with Crippen LogP contribution in [0.25, 0.3) is 5.69 Å². The summed E-state index contributed by atoms with van der Waals surface area (Å²) in [6.45, 7) is 1.61. The Kier molecular flexibility index (Phi) is 3.32. The third kappa shape index (κ3) is 2.34. The summed E-state index contributed by atoms with van der Waals surface area (Å²) in [4.78, 5) is 0.292. The van der Waals surface area contributed by atoms with Crippen LogP contribution in [0.1, 0.15) is 6.92 Å². The highest BCUT2D eigenvalue weighted by atomic mass is 35.5. The van der Waals surface area contributed by atoms with E-state index in [4.69, 9.17) is 17.3 Å². The van der Waals surface area contributed by atoms with Crippen molar-refractivity contribution in [2.75, 3.05) is 11.5 Å². The van der Waals surface area contributed by atoms with Crippen molar-refractivity contribution in [1.29, 1.82) is 0 Å². The Morgan fingerprint density at radius 2 is 1.94 bits per heavy atom. The average molecular weight is 286 g/mol. The Morgan fingerprint density at radius 1 is 1.33 bits per heavy atom. The number of halogens is 1. The molecule has 0 amide bonds. The van der Waals surface area contributed by atoms with Gasteiger partial charge in [0.15, 0.2) is 15.7 Å². The minimum Gasteiger partial charge on any atom is -0.381 e. The Hall–Kier alpha value is -1.53. The van der Waals surface area contributed by atoms with Crippen LogP contribution in [-0.4, -0.2) is 24.0 Å². The maximum Gasteiger partial charge on any atom is 0.178 e. The zero-order valence-corrected chi connectivity index (χ0v) is 11.2. The fourth-order valence-corrected chi connectivity index (χ4v) is 2.49. The maximum absolute atomic E-state index is 11.6. The second kappa shape index (κ2) is 4.62. The van der Waals surface area contributed by atoms with Gasteiger partial charge in [0.05, 0.1) is 22.5 Å². The summed E-state index contributed by atoms with van der Waals surface area (Å²) in [5.41, 5.74) is 6.24. The lowest BCUT2D eigenvalue weighted by Crippen LogP contribution is -2.04. The molecule has 1 aromatic carbocycles. The van der Waals surface area contributed by atoms with E-state index in [-0.39, 0.29) is 11.6 Å². The number of aromatic nitrogens is 2. The van der Waals surface area contributed by atoms with Crippen LogP contribution in [0.15, 0.2) is 35.4 Å². The molecule has 0 radical (unpaired) electrons. The highest BCUT2D eigenvalue weighted by Crippen LogP contribution is 2.20. The van der Waals surface area contributed by atoms with Crippen LogP contribution in [0.2, 0.25) is 5.02 Å². The van der Waals surface area contributed by atoms with Gasteiger partial charge in [-0.3, -0.25) is 0 Å². The molecule has 0 aliphatic rings. The normalized spacial score (nSPS) is 11.7. The Labute approximate surface area is 110 Å². The SMILES string of the molecule is CCS(=O)(=O)c1ccc(-n2cc(Cl)c(N)n2)cc1. The van der Waals surface area contributed by atoms with Gasteiger partial charge in [-0.2, -0.15) is 0 Å². The molecule has 2 rings (SSSR count). The number of sulfone groups is 1. The third-order valence-electron chi connectivity index (χ3n) is 2.54. The van der Waals surface area contributed by atoms with Crippen LogP contribution in [0.4, 0.5) is 5.82 Å². The molecule has 0 saturated carbocycles. The van der Waals surface area contributed by atoms with Gasteiger partial charge in [-0.25, -0.2) is 13.1 Å². The first-order chi connectivity index (χ1) is 8.44. The van der Waals surface area contributed by atoms with E-state index in [1.54, 1.807) is 37.4 Å². The molecule has 0 spiro atoms. The fraction of sp³-hybridized carbons (Fsp3) is 0.182. The summed E-state index contributed by atoms with van der Waals surface area (Å²) in [5, 5.41) is 4.37. The van der Waals surface area contributed by atoms with E-state index in [1.165, 1.54) is 4.68 Å². The molecular weight excluding hydrogens is 274 g/mol. The number of anilines is 1. The van der Waals surface area contributed by atoms with E-state index in [9.17, 15) is 8.42 Å². The maximum atomic E-state index is 11.6. The molecule has 0 saturated heterocycles. The first-order valence-corrected chi connectivity index (χ1v) is 7.31. The van der Waals surface area contributed by atoms with Gasteiger partial charge in [0.1, 0.15) is 5.02 Å². The monoisotopic (exact) mass is 285 g/mol. The number of hydrogen-bond acceptors (Lipinski definition) is 4. The highest BCUT2D eigenvalue weighted by molar-refractivity contribution is 7.91. The van der Waals surface area contributed by atoms with Gasteiger partial charge in [-0.05, 0) is 24.3 Å². The molecule has 0 aliphatic heterocycles. The quantitative estimate of drug-likeness (QED) is 0.934. The molecule has 0 bridgehead atoms. The number of nitrogen functional groups attached to an aromatic ring is 1. The molecule has 7 heteroatoms. The smallest absolute Gasteiger partial charge is 0.178 e. The van der Waals surface area contributed by atoms with E-state index in [2.05, 4.69) is 5.10 Å². The van der Waals surface area contributed by atoms with E-state index < -0.39 is 9.84 Å². The largest absolute Gasteiger partial charge is 0.381 e. The first-order valence-electron chi connectivity index (χ1n) is 5.28. The lowest BCUT2D eigenvalue weighted by Gasteiger charge is -2.04. The van der Waals surface area contributed by atoms with E-state index in [0.29, 0.717) is 15.6 Å². The van der Waals surface area contributed by atoms with Gasteiger partial charge >= 0.3 is 0 Å². The van der Waals surface area contributed by atoms with E-state index >= 15 is 0 Å². The van der Waals surface area contributed by atoms with Crippen molar-refractivity contribution in [1.82, 2.24) is 9.78 Å². The molecule has 1 aromatic heterocycles. The lowest BCUT2D eigenvalue weighted by molar-refractivity contribution is 0.597. The lowest BCUT2D eigenvalue weighted by atomic mass is 10.3. The van der Waals surface area contributed by atoms with Crippen LogP contribution >= 0.6 is 11.6 Å². The predicted molar refractivity (Wildman–Crippen MR) is 70.7 cm³/mol. The van der Waals surface area contributed by atoms with Gasteiger partial charge in [0.2, 0.25) is 0 Å². The standard InChI is InChI=1S/C11H12ClN3O2S/c1-2-18(16,17)9-5-3-8(4-6-9)15-7-10(12)11(13)14-15/h3-7H,2H2,1H3,(H2,13,14). The van der Waals surface area contributed by atoms with Gasteiger partial charge in [-0.1, -0.05) is 18.5 Å². The van der Waals surface area contributed by atoms with Crippen molar-refractivity contribution in [3.8, 4) is 5.69 Å². The van der Waals surface area contributed by atoms with Gasteiger partial charge in [0.25, 0.3) is 0 Å². The van der Waals surface area contributed by atoms with Crippen molar-refractivity contribution in [3.63, 3.8) is 0 Å². The predicted octanol–water partition coefficient (Wildman–Crippen LogP) is 1.90. The van der Waals surface area contributed by atoms with Crippen LogP contribution in [0.3, 0.4) is 0 Å². The Balaban J connectivity index is 2.39. The molecule has 18 heavy (non-hydrogen) atoms. The third-order valence-corrected chi connectivity index (χ3v) is 4.58. The summed E-state index contributed by atoms with van der Waals surface area (Å²) in [6, 6.07) is 6.40. The Morgan fingerprint density at radius 3 is 2.39 bits per heavy atom. The van der Waals surface area contributed by atoms with Gasteiger partial charge in [-0.15, -0.1) is 5.10 Å². The number of nitrogens with zero attached hydrogens (tertiary/aromatic N) is 2. The van der Waals surface area contributed by atoms with Crippen molar-refractivity contribution in [3.05, 3.63) is 35.5 Å².